The van der Waals surface area contributed by atoms with E-state index in [0.29, 0.717) is 18.1 Å². The van der Waals surface area contributed by atoms with Crippen LogP contribution in [0.3, 0.4) is 0 Å². The van der Waals surface area contributed by atoms with Gasteiger partial charge in [0.05, 0.1) is 17.7 Å². The fourth-order valence-corrected chi connectivity index (χ4v) is 1.63. The number of carbonyl (C=O) groups excluding carboxylic acids is 1. The van der Waals surface area contributed by atoms with Crippen molar-refractivity contribution >= 4 is 16.8 Å². The Balaban J connectivity index is 2.17. The summed E-state index contributed by atoms with van der Waals surface area (Å²) >= 11 is 0. The SMILES string of the molecule is CC(C)CONC(=O)c1cccc2ncccc12. The van der Waals surface area contributed by atoms with E-state index in [0.717, 1.165) is 10.9 Å². The zero-order valence-electron chi connectivity index (χ0n) is 10.5. The van der Waals surface area contributed by atoms with Crippen molar-refractivity contribution in [2.75, 3.05) is 6.61 Å². The fourth-order valence-electron chi connectivity index (χ4n) is 1.63. The van der Waals surface area contributed by atoms with Crippen molar-refractivity contribution in [2.24, 2.45) is 5.92 Å². The molecule has 4 heteroatoms. The number of hydrogen-bond acceptors (Lipinski definition) is 3. The van der Waals surface area contributed by atoms with E-state index in [1.54, 1.807) is 12.3 Å². The Kier molecular flexibility index (Phi) is 3.89. The number of carbonyl (C=O) groups is 1. The number of fused-ring (bicyclic) bond motifs is 1. The predicted molar refractivity (Wildman–Crippen MR) is 70.0 cm³/mol. The lowest BCUT2D eigenvalue weighted by molar-refractivity contribution is 0.0210. The Hall–Kier alpha value is -1.94. The number of hydrogen-bond donors (Lipinski definition) is 1. The first-order valence-electron chi connectivity index (χ1n) is 5.94. The van der Waals surface area contributed by atoms with E-state index in [-0.39, 0.29) is 5.91 Å². The third-order valence-electron chi connectivity index (χ3n) is 2.47. The van der Waals surface area contributed by atoms with Crippen molar-refractivity contribution < 1.29 is 9.63 Å². The van der Waals surface area contributed by atoms with Crippen LogP contribution < -0.4 is 5.48 Å². The van der Waals surface area contributed by atoms with Gasteiger partial charge < -0.3 is 0 Å². The maximum atomic E-state index is 12.0. The molecule has 2 rings (SSSR count). The number of aromatic nitrogens is 1. The predicted octanol–water partition coefficient (Wildman–Crippen LogP) is 2.55. The van der Waals surface area contributed by atoms with Crippen molar-refractivity contribution in [2.45, 2.75) is 13.8 Å². The summed E-state index contributed by atoms with van der Waals surface area (Å²) in [5, 5.41) is 0.825. The second-order valence-electron chi connectivity index (χ2n) is 4.51. The van der Waals surface area contributed by atoms with Gasteiger partial charge in [0.15, 0.2) is 0 Å². The number of nitrogens with zero attached hydrogens (tertiary/aromatic N) is 1. The summed E-state index contributed by atoms with van der Waals surface area (Å²) in [4.78, 5) is 21.3. The van der Waals surface area contributed by atoms with Gasteiger partial charge >= 0.3 is 0 Å². The molecule has 0 saturated heterocycles. The van der Waals surface area contributed by atoms with Crippen LogP contribution in [0.2, 0.25) is 0 Å². The van der Waals surface area contributed by atoms with Crippen LogP contribution >= 0.6 is 0 Å². The molecule has 0 aliphatic rings. The average molecular weight is 244 g/mol. The largest absolute Gasteiger partial charge is 0.275 e. The molecular weight excluding hydrogens is 228 g/mol. The number of amides is 1. The van der Waals surface area contributed by atoms with Crippen molar-refractivity contribution in [3.8, 4) is 0 Å². The van der Waals surface area contributed by atoms with Gasteiger partial charge in [-0.2, -0.15) is 0 Å². The van der Waals surface area contributed by atoms with Gasteiger partial charge in [-0.25, -0.2) is 5.48 Å². The zero-order chi connectivity index (χ0) is 13.0. The van der Waals surface area contributed by atoms with Crippen LogP contribution in [0, 0.1) is 5.92 Å². The Morgan fingerprint density at radius 2 is 2.17 bits per heavy atom. The normalized spacial score (nSPS) is 10.8. The molecule has 0 saturated carbocycles. The van der Waals surface area contributed by atoms with Crippen molar-refractivity contribution in [3.63, 3.8) is 0 Å². The Morgan fingerprint density at radius 3 is 2.94 bits per heavy atom. The molecule has 0 bridgehead atoms. The van der Waals surface area contributed by atoms with Crippen LogP contribution in [0.25, 0.3) is 10.9 Å². The van der Waals surface area contributed by atoms with Crippen LogP contribution in [0.5, 0.6) is 0 Å². The summed E-state index contributed by atoms with van der Waals surface area (Å²) in [5.74, 6) is 0.133. The smallest absolute Gasteiger partial charge is 0.273 e. The van der Waals surface area contributed by atoms with Gasteiger partial charge in [-0.05, 0) is 24.1 Å². The molecule has 1 aromatic carbocycles. The number of benzene rings is 1. The van der Waals surface area contributed by atoms with Crippen LogP contribution in [-0.2, 0) is 4.84 Å². The van der Waals surface area contributed by atoms with Gasteiger partial charge in [0.25, 0.3) is 5.91 Å². The average Bonchev–Trinajstić information content (AvgIpc) is 2.37. The monoisotopic (exact) mass is 244 g/mol. The van der Waals surface area contributed by atoms with Gasteiger partial charge in [-0.15, -0.1) is 0 Å². The van der Waals surface area contributed by atoms with E-state index in [4.69, 9.17) is 4.84 Å². The molecule has 1 heterocycles. The standard InChI is InChI=1S/C14H16N2O2/c1-10(2)9-18-16-14(17)12-5-3-7-13-11(12)6-4-8-15-13/h3-8,10H,9H2,1-2H3,(H,16,17). The fraction of sp³-hybridized carbons (Fsp3) is 0.286. The van der Waals surface area contributed by atoms with Gasteiger partial charge in [0.2, 0.25) is 0 Å². The Morgan fingerprint density at radius 1 is 1.33 bits per heavy atom. The lowest BCUT2D eigenvalue weighted by Gasteiger charge is -2.09. The minimum atomic E-state index is -0.241. The quantitative estimate of drug-likeness (QED) is 0.841. The molecule has 0 aliphatic heterocycles. The Bertz CT molecular complexity index is 547. The van der Waals surface area contributed by atoms with Crippen LogP contribution in [0.15, 0.2) is 36.5 Å². The molecule has 94 valence electrons. The van der Waals surface area contributed by atoms with Gasteiger partial charge in [-0.1, -0.05) is 26.0 Å². The second kappa shape index (κ2) is 5.60. The highest BCUT2D eigenvalue weighted by molar-refractivity contribution is 6.05. The molecule has 18 heavy (non-hydrogen) atoms. The summed E-state index contributed by atoms with van der Waals surface area (Å²) in [6.45, 7) is 4.54. The molecule has 0 fully saturated rings. The maximum Gasteiger partial charge on any atom is 0.275 e. The minimum absolute atomic E-state index is 0.241. The second-order valence-corrected chi connectivity index (χ2v) is 4.51. The highest BCUT2D eigenvalue weighted by atomic mass is 16.6. The van der Waals surface area contributed by atoms with Crippen molar-refractivity contribution in [3.05, 3.63) is 42.1 Å². The van der Waals surface area contributed by atoms with E-state index in [1.807, 2.05) is 38.1 Å². The third-order valence-corrected chi connectivity index (χ3v) is 2.47. The summed E-state index contributed by atoms with van der Waals surface area (Å²) in [7, 11) is 0. The summed E-state index contributed by atoms with van der Waals surface area (Å²) in [6, 6.07) is 9.14. The first-order valence-corrected chi connectivity index (χ1v) is 5.94. The first kappa shape index (κ1) is 12.5. The molecule has 1 aromatic heterocycles. The topological polar surface area (TPSA) is 51.2 Å². The zero-order valence-corrected chi connectivity index (χ0v) is 10.5. The van der Waals surface area contributed by atoms with E-state index in [1.165, 1.54) is 0 Å². The molecule has 2 aromatic rings. The van der Waals surface area contributed by atoms with E-state index in [2.05, 4.69) is 10.5 Å². The molecule has 0 spiro atoms. The number of hydroxylamine groups is 1. The highest BCUT2D eigenvalue weighted by Crippen LogP contribution is 2.16. The first-order chi connectivity index (χ1) is 8.68. The van der Waals surface area contributed by atoms with Gasteiger partial charge in [0, 0.05) is 11.6 Å². The van der Waals surface area contributed by atoms with Crippen molar-refractivity contribution in [1.29, 1.82) is 0 Å². The number of rotatable bonds is 4. The van der Waals surface area contributed by atoms with E-state index < -0.39 is 0 Å². The van der Waals surface area contributed by atoms with Crippen LogP contribution in [0.4, 0.5) is 0 Å². The van der Waals surface area contributed by atoms with E-state index >= 15 is 0 Å². The van der Waals surface area contributed by atoms with Gasteiger partial charge in [-0.3, -0.25) is 14.6 Å². The number of nitrogens with one attached hydrogen (secondary N) is 1. The molecule has 1 amide bonds. The molecule has 0 atom stereocenters. The molecule has 4 nitrogen and oxygen atoms in total. The van der Waals surface area contributed by atoms with Crippen LogP contribution in [-0.4, -0.2) is 17.5 Å². The highest BCUT2D eigenvalue weighted by Gasteiger charge is 2.10. The minimum Gasteiger partial charge on any atom is -0.273 e. The molecule has 0 unspecified atom stereocenters. The molecule has 1 N–H and O–H groups in total. The molecule has 0 radical (unpaired) electrons. The lowest BCUT2D eigenvalue weighted by atomic mass is 10.1. The Labute approximate surface area is 106 Å². The van der Waals surface area contributed by atoms with Crippen molar-refractivity contribution in [1.82, 2.24) is 10.5 Å². The summed E-state index contributed by atoms with van der Waals surface area (Å²) < 4.78 is 0. The van der Waals surface area contributed by atoms with E-state index in [9.17, 15) is 4.79 Å². The number of pyridine rings is 1. The van der Waals surface area contributed by atoms with Crippen LogP contribution in [0.1, 0.15) is 24.2 Å². The summed E-state index contributed by atoms with van der Waals surface area (Å²) in [5.41, 5.74) is 3.83. The van der Waals surface area contributed by atoms with Gasteiger partial charge in [0.1, 0.15) is 0 Å². The third kappa shape index (κ3) is 2.84. The molecule has 0 aliphatic carbocycles. The molecular formula is C14H16N2O2. The lowest BCUT2D eigenvalue weighted by Crippen LogP contribution is -2.25. The maximum absolute atomic E-state index is 12.0. The summed E-state index contributed by atoms with van der Waals surface area (Å²) in [6.07, 6.45) is 1.71.